The first-order chi connectivity index (χ1) is 13.1. The molecule has 1 aromatic rings. The van der Waals surface area contributed by atoms with Crippen molar-refractivity contribution >= 4 is 5.96 Å². The summed E-state index contributed by atoms with van der Waals surface area (Å²) in [6.45, 7) is 10.2. The molecule has 0 saturated carbocycles. The zero-order chi connectivity index (χ0) is 19.9. The van der Waals surface area contributed by atoms with Gasteiger partial charge in [-0.2, -0.15) is 0 Å². The number of rotatable bonds is 13. The highest BCUT2D eigenvalue weighted by molar-refractivity contribution is 5.79. The summed E-state index contributed by atoms with van der Waals surface area (Å²) in [5.41, 5.74) is 1.15. The van der Waals surface area contributed by atoms with E-state index in [2.05, 4.69) is 29.5 Å². The average Bonchev–Trinajstić information content (AvgIpc) is 2.68. The molecule has 1 atom stereocenters. The second-order valence-corrected chi connectivity index (χ2v) is 6.71. The molecule has 1 unspecified atom stereocenters. The molecule has 0 heterocycles. The third-order valence-corrected chi connectivity index (χ3v) is 4.25. The highest BCUT2D eigenvalue weighted by Crippen LogP contribution is 2.12. The van der Waals surface area contributed by atoms with Crippen LogP contribution in [0.1, 0.15) is 39.2 Å². The number of hydrogen-bond donors (Lipinski definition) is 2. The minimum absolute atomic E-state index is 0.284. The molecule has 0 radical (unpaired) electrons. The Morgan fingerprint density at radius 2 is 1.81 bits per heavy atom. The first-order valence-corrected chi connectivity index (χ1v) is 9.87. The molecule has 6 heteroatoms. The Morgan fingerprint density at radius 3 is 2.41 bits per heavy atom. The highest BCUT2D eigenvalue weighted by Gasteiger charge is 2.12. The summed E-state index contributed by atoms with van der Waals surface area (Å²) in [5.74, 6) is 2.21. The van der Waals surface area contributed by atoms with Crippen molar-refractivity contribution in [3.63, 3.8) is 0 Å². The summed E-state index contributed by atoms with van der Waals surface area (Å²) in [4.78, 5) is 4.26. The molecule has 0 fully saturated rings. The molecule has 0 amide bonds. The van der Waals surface area contributed by atoms with Crippen LogP contribution >= 0.6 is 0 Å². The lowest BCUT2D eigenvalue weighted by atomic mass is 10.0. The van der Waals surface area contributed by atoms with Gasteiger partial charge in [0.2, 0.25) is 0 Å². The molecule has 1 rings (SSSR count). The van der Waals surface area contributed by atoms with Crippen LogP contribution in [0.4, 0.5) is 0 Å². The lowest BCUT2D eigenvalue weighted by Gasteiger charge is -2.21. The molecule has 27 heavy (non-hydrogen) atoms. The first kappa shape index (κ1) is 23.2. The smallest absolute Gasteiger partial charge is 0.190 e. The zero-order valence-corrected chi connectivity index (χ0v) is 17.6. The minimum Gasteiger partial charge on any atom is -0.497 e. The van der Waals surface area contributed by atoms with Crippen LogP contribution < -0.4 is 15.4 Å². The molecule has 154 valence electrons. The topological polar surface area (TPSA) is 64.1 Å². The lowest BCUT2D eigenvalue weighted by Crippen LogP contribution is -2.39. The Labute approximate surface area is 164 Å². The normalized spacial score (nSPS) is 12.9. The molecule has 0 aliphatic rings. The molecule has 0 aliphatic carbocycles. The summed E-state index contributed by atoms with van der Waals surface area (Å²) in [6, 6.07) is 7.95. The Balaban J connectivity index is 2.12. The Bertz CT molecular complexity index is 518. The average molecular weight is 380 g/mol. The predicted octanol–water partition coefficient (Wildman–Crippen LogP) is 3.22. The van der Waals surface area contributed by atoms with Gasteiger partial charge in [0.25, 0.3) is 0 Å². The first-order valence-electron chi connectivity index (χ1n) is 9.87. The number of nitrogens with zero attached hydrogens (tertiary/aromatic N) is 1. The van der Waals surface area contributed by atoms with Gasteiger partial charge in [0.05, 0.1) is 19.8 Å². The number of benzene rings is 1. The van der Waals surface area contributed by atoms with Gasteiger partial charge in [0.1, 0.15) is 5.75 Å². The molecular weight excluding hydrogens is 342 g/mol. The number of nitrogens with one attached hydrogen (secondary N) is 2. The molecule has 0 spiro atoms. The maximum atomic E-state index is 5.77. The fourth-order valence-electron chi connectivity index (χ4n) is 2.67. The SMILES string of the molecule is CCOC(CCNC(=NC)NCCCOCc1ccc(OC)cc1)C(C)C. The van der Waals surface area contributed by atoms with Crippen LogP contribution in [0, 0.1) is 5.92 Å². The van der Waals surface area contributed by atoms with E-state index in [-0.39, 0.29) is 6.10 Å². The number of aliphatic imine (C=N–C) groups is 1. The largest absolute Gasteiger partial charge is 0.497 e. The highest BCUT2D eigenvalue weighted by atomic mass is 16.5. The van der Waals surface area contributed by atoms with Crippen LogP contribution in [0.2, 0.25) is 0 Å². The zero-order valence-electron chi connectivity index (χ0n) is 17.6. The fourth-order valence-corrected chi connectivity index (χ4v) is 2.67. The van der Waals surface area contributed by atoms with Crippen molar-refractivity contribution in [3.05, 3.63) is 29.8 Å². The summed E-state index contributed by atoms with van der Waals surface area (Å²) >= 11 is 0. The molecule has 2 N–H and O–H groups in total. The van der Waals surface area contributed by atoms with Gasteiger partial charge >= 0.3 is 0 Å². The standard InChI is InChI=1S/C21H37N3O3/c1-6-27-20(17(2)3)12-14-24-21(22-4)23-13-7-15-26-16-18-8-10-19(25-5)11-9-18/h8-11,17,20H,6-7,12-16H2,1-5H3,(H2,22,23,24). The molecule has 0 saturated heterocycles. The number of guanidine groups is 1. The van der Waals surface area contributed by atoms with Crippen molar-refractivity contribution in [2.45, 2.75) is 46.3 Å². The number of hydrogen-bond acceptors (Lipinski definition) is 4. The summed E-state index contributed by atoms with van der Waals surface area (Å²) < 4.78 is 16.6. The third-order valence-electron chi connectivity index (χ3n) is 4.25. The Morgan fingerprint density at radius 1 is 1.11 bits per heavy atom. The Hall–Kier alpha value is -1.79. The van der Waals surface area contributed by atoms with Crippen LogP contribution in [0.3, 0.4) is 0 Å². The van der Waals surface area contributed by atoms with Crippen molar-refractivity contribution in [3.8, 4) is 5.75 Å². The van der Waals surface area contributed by atoms with Crippen molar-refractivity contribution in [1.29, 1.82) is 0 Å². The lowest BCUT2D eigenvalue weighted by molar-refractivity contribution is 0.0258. The molecule has 0 aliphatic heterocycles. The van der Waals surface area contributed by atoms with E-state index in [9.17, 15) is 0 Å². The minimum atomic E-state index is 0.284. The van der Waals surface area contributed by atoms with E-state index < -0.39 is 0 Å². The van der Waals surface area contributed by atoms with Gasteiger partial charge in [-0.05, 0) is 43.4 Å². The van der Waals surface area contributed by atoms with Crippen LogP contribution in [-0.2, 0) is 16.1 Å². The van der Waals surface area contributed by atoms with Crippen molar-refractivity contribution in [1.82, 2.24) is 10.6 Å². The van der Waals surface area contributed by atoms with Crippen LogP contribution in [0.15, 0.2) is 29.3 Å². The van der Waals surface area contributed by atoms with Crippen molar-refractivity contribution in [2.75, 3.05) is 40.5 Å². The van der Waals surface area contributed by atoms with E-state index in [4.69, 9.17) is 14.2 Å². The molecule has 1 aromatic carbocycles. The van der Waals surface area contributed by atoms with Gasteiger partial charge in [0, 0.05) is 33.4 Å². The van der Waals surface area contributed by atoms with E-state index >= 15 is 0 Å². The molecule has 0 bridgehead atoms. The quantitative estimate of drug-likeness (QED) is 0.313. The fraction of sp³-hybridized carbons (Fsp3) is 0.667. The summed E-state index contributed by atoms with van der Waals surface area (Å²) in [7, 11) is 3.46. The van der Waals surface area contributed by atoms with Gasteiger partial charge in [-0.3, -0.25) is 4.99 Å². The van der Waals surface area contributed by atoms with Crippen molar-refractivity contribution < 1.29 is 14.2 Å². The second kappa shape index (κ2) is 14.3. The van der Waals surface area contributed by atoms with Gasteiger partial charge in [0.15, 0.2) is 5.96 Å². The van der Waals surface area contributed by atoms with Gasteiger partial charge < -0.3 is 24.8 Å². The van der Waals surface area contributed by atoms with Crippen molar-refractivity contribution in [2.24, 2.45) is 10.9 Å². The van der Waals surface area contributed by atoms with Gasteiger partial charge in [-0.1, -0.05) is 26.0 Å². The molecule has 0 aromatic heterocycles. The monoisotopic (exact) mass is 379 g/mol. The number of methoxy groups -OCH3 is 1. The van der Waals surface area contributed by atoms with Crippen LogP contribution in [0.5, 0.6) is 5.75 Å². The van der Waals surface area contributed by atoms with Gasteiger partial charge in [-0.15, -0.1) is 0 Å². The summed E-state index contributed by atoms with van der Waals surface area (Å²) in [6.07, 6.45) is 2.17. The third kappa shape index (κ3) is 10.2. The van der Waals surface area contributed by atoms with E-state index in [0.717, 1.165) is 49.8 Å². The Kier molecular flexibility index (Phi) is 12.3. The molecule has 6 nitrogen and oxygen atoms in total. The van der Waals surface area contributed by atoms with E-state index in [1.807, 2.05) is 31.2 Å². The van der Waals surface area contributed by atoms with Crippen LogP contribution in [-0.4, -0.2) is 52.5 Å². The predicted molar refractivity (Wildman–Crippen MR) is 112 cm³/mol. The van der Waals surface area contributed by atoms with E-state index in [0.29, 0.717) is 19.1 Å². The van der Waals surface area contributed by atoms with E-state index in [1.165, 1.54) is 0 Å². The van der Waals surface area contributed by atoms with Crippen LogP contribution in [0.25, 0.3) is 0 Å². The second-order valence-electron chi connectivity index (χ2n) is 6.71. The summed E-state index contributed by atoms with van der Waals surface area (Å²) in [5, 5.41) is 6.67. The van der Waals surface area contributed by atoms with Gasteiger partial charge in [-0.25, -0.2) is 0 Å². The maximum Gasteiger partial charge on any atom is 0.190 e. The number of ether oxygens (including phenoxy) is 3. The van der Waals surface area contributed by atoms with E-state index in [1.54, 1.807) is 14.2 Å². The molecular formula is C21H37N3O3. The maximum absolute atomic E-state index is 5.77.